The molecular weight excluding hydrogens is 709 g/mol. The number of quaternary nitrogens is 1. The van der Waals surface area contributed by atoms with Crippen LogP contribution in [0.4, 0.5) is 0 Å². The smallest absolute Gasteiger partial charge is 0.472 e. The predicted molar refractivity (Wildman–Crippen MR) is 233 cm³/mol. The van der Waals surface area contributed by atoms with E-state index in [2.05, 4.69) is 62.5 Å². The zero-order chi connectivity index (χ0) is 40.6. The van der Waals surface area contributed by atoms with E-state index in [0.29, 0.717) is 11.0 Å². The lowest BCUT2D eigenvalue weighted by molar-refractivity contribution is -0.870. The molecule has 0 radical (unpaired) electrons. The molecule has 0 aliphatic heterocycles. The molecule has 0 aromatic heterocycles. The molecule has 0 rings (SSSR count). The first-order valence-electron chi connectivity index (χ1n) is 22.1. The summed E-state index contributed by atoms with van der Waals surface area (Å²) in [5, 5.41) is 0. The molecule has 0 aliphatic rings. The van der Waals surface area contributed by atoms with Crippen molar-refractivity contribution in [1.29, 1.82) is 0 Å². The van der Waals surface area contributed by atoms with Crippen LogP contribution in [0, 0.1) is 0 Å². The molecule has 0 saturated heterocycles. The van der Waals surface area contributed by atoms with Gasteiger partial charge in [-0.15, -0.1) is 0 Å². The average Bonchev–Trinajstić information content (AvgIpc) is 3.13. The molecule has 320 valence electrons. The lowest BCUT2D eigenvalue weighted by Gasteiger charge is -2.24. The number of rotatable bonds is 40. The highest BCUT2D eigenvalue weighted by atomic mass is 31.2. The molecule has 0 fully saturated rings. The topological polar surface area (TPSA) is 91.3 Å². The molecule has 0 aromatic rings. The number of esters is 1. The fraction of sp³-hybridized carbons (Fsp3) is 0.761. The SMILES string of the molecule is CCCCC/C=C\C/C=C\C/C=C\CCCCCCC(=O)OC(CO/C=C\CCCCCC/C=C\CCCCCCCC)COP(=O)(O)OCC[N+](C)(C)C. The van der Waals surface area contributed by atoms with Gasteiger partial charge in [-0.1, -0.05) is 133 Å². The maximum atomic E-state index is 12.7. The van der Waals surface area contributed by atoms with Crippen molar-refractivity contribution < 1.29 is 37.3 Å². The Labute approximate surface area is 339 Å². The second-order valence-electron chi connectivity index (χ2n) is 15.8. The number of hydrogen-bond donors (Lipinski definition) is 1. The molecular formula is C46H85NO7P+. The Hall–Kier alpha value is -1.96. The van der Waals surface area contributed by atoms with Crippen molar-refractivity contribution >= 4 is 13.8 Å². The lowest BCUT2D eigenvalue weighted by atomic mass is 10.1. The van der Waals surface area contributed by atoms with Gasteiger partial charge in [0.1, 0.15) is 19.8 Å². The van der Waals surface area contributed by atoms with Crippen LogP contribution in [-0.4, -0.2) is 69.0 Å². The van der Waals surface area contributed by atoms with Gasteiger partial charge >= 0.3 is 13.8 Å². The minimum absolute atomic E-state index is 0.0312. The molecule has 8 nitrogen and oxygen atoms in total. The van der Waals surface area contributed by atoms with E-state index < -0.39 is 13.9 Å². The van der Waals surface area contributed by atoms with Crippen LogP contribution in [0.15, 0.2) is 60.9 Å². The van der Waals surface area contributed by atoms with E-state index >= 15 is 0 Å². The number of unbranched alkanes of at least 4 members (excludes halogenated alkanes) is 18. The van der Waals surface area contributed by atoms with Crippen LogP contribution in [0.25, 0.3) is 0 Å². The van der Waals surface area contributed by atoms with E-state index in [4.69, 9.17) is 18.5 Å². The number of carbonyl (C=O) groups excluding carboxylic acids is 1. The monoisotopic (exact) mass is 795 g/mol. The zero-order valence-corrected chi connectivity index (χ0v) is 37.0. The van der Waals surface area contributed by atoms with E-state index in [-0.39, 0.29) is 32.2 Å². The van der Waals surface area contributed by atoms with Crippen LogP contribution in [0.3, 0.4) is 0 Å². The fourth-order valence-corrected chi connectivity index (χ4v) is 6.38. The molecule has 0 amide bonds. The second-order valence-corrected chi connectivity index (χ2v) is 17.2. The summed E-state index contributed by atoms with van der Waals surface area (Å²) >= 11 is 0. The first-order chi connectivity index (χ1) is 26.6. The van der Waals surface area contributed by atoms with Gasteiger partial charge in [-0.2, -0.15) is 0 Å². The first-order valence-corrected chi connectivity index (χ1v) is 23.6. The Balaban J connectivity index is 4.37. The van der Waals surface area contributed by atoms with Crippen molar-refractivity contribution in [2.24, 2.45) is 0 Å². The van der Waals surface area contributed by atoms with Crippen LogP contribution in [0.2, 0.25) is 0 Å². The van der Waals surface area contributed by atoms with Crippen molar-refractivity contribution in [3.8, 4) is 0 Å². The van der Waals surface area contributed by atoms with E-state index in [1.54, 1.807) is 6.26 Å². The van der Waals surface area contributed by atoms with E-state index in [9.17, 15) is 14.3 Å². The molecule has 1 N–H and O–H groups in total. The van der Waals surface area contributed by atoms with Gasteiger partial charge in [-0.25, -0.2) is 4.57 Å². The third-order valence-corrected chi connectivity index (χ3v) is 10.1. The van der Waals surface area contributed by atoms with Crippen molar-refractivity contribution in [3.63, 3.8) is 0 Å². The van der Waals surface area contributed by atoms with E-state index in [1.807, 2.05) is 27.2 Å². The molecule has 9 heteroatoms. The zero-order valence-electron chi connectivity index (χ0n) is 36.1. The summed E-state index contributed by atoms with van der Waals surface area (Å²) in [6.45, 7) is 4.85. The lowest BCUT2D eigenvalue weighted by Crippen LogP contribution is -2.37. The molecule has 0 saturated carbocycles. The van der Waals surface area contributed by atoms with Crippen LogP contribution >= 0.6 is 7.82 Å². The molecule has 0 aliphatic carbocycles. The summed E-state index contributed by atoms with van der Waals surface area (Å²) in [6.07, 6.45) is 49.2. The molecule has 0 heterocycles. The van der Waals surface area contributed by atoms with Gasteiger partial charge in [0.05, 0.1) is 34.0 Å². The maximum Gasteiger partial charge on any atom is 0.472 e. The highest BCUT2D eigenvalue weighted by Crippen LogP contribution is 2.43. The Kier molecular flexibility index (Phi) is 37.5. The third kappa shape index (κ3) is 43.0. The van der Waals surface area contributed by atoms with Gasteiger partial charge in [-0.05, 0) is 89.5 Å². The standard InChI is InChI=1S/C46H84NO7P/c1-6-8-10-12-14-16-18-20-22-24-25-27-29-31-33-35-37-39-46(48)54-45(44-53-55(49,50)52-42-40-47(3,4)5)43-51-41-38-36-34-32-30-28-26-23-21-19-17-15-13-11-9-7-2/h14,16,20-23,25,27,38,41,45H,6-13,15,17-19,24,26,28-37,39-40,42-44H2,1-5H3/p+1/b16-14-,22-20-,23-21-,27-25-,41-38-. The number of allylic oxidation sites excluding steroid dienone is 9. The van der Waals surface area contributed by atoms with Crippen molar-refractivity contribution in [2.75, 3.05) is 47.5 Å². The Morgan fingerprint density at radius 1 is 0.582 bits per heavy atom. The van der Waals surface area contributed by atoms with Gasteiger partial charge in [0, 0.05) is 6.42 Å². The molecule has 2 unspecified atom stereocenters. The third-order valence-electron chi connectivity index (χ3n) is 9.12. The minimum Gasteiger partial charge on any atom is -0.498 e. The minimum atomic E-state index is -4.30. The number of hydrogen-bond acceptors (Lipinski definition) is 6. The fourth-order valence-electron chi connectivity index (χ4n) is 5.64. The van der Waals surface area contributed by atoms with Gasteiger partial charge in [0.25, 0.3) is 0 Å². The maximum absolute atomic E-state index is 12.7. The van der Waals surface area contributed by atoms with Crippen LogP contribution < -0.4 is 0 Å². The number of likely N-dealkylation sites (N-methyl/N-ethyl adjacent to an activating group) is 1. The van der Waals surface area contributed by atoms with Crippen LogP contribution in [0.5, 0.6) is 0 Å². The largest absolute Gasteiger partial charge is 0.498 e. The Morgan fingerprint density at radius 3 is 1.56 bits per heavy atom. The summed E-state index contributed by atoms with van der Waals surface area (Å²) in [4.78, 5) is 22.9. The Morgan fingerprint density at radius 2 is 1.02 bits per heavy atom. The summed E-state index contributed by atoms with van der Waals surface area (Å²) in [5.74, 6) is -0.361. The average molecular weight is 795 g/mol. The number of phosphoric acid groups is 1. The van der Waals surface area contributed by atoms with E-state index in [0.717, 1.165) is 64.2 Å². The van der Waals surface area contributed by atoms with E-state index in [1.165, 1.54) is 89.9 Å². The van der Waals surface area contributed by atoms with Crippen LogP contribution in [-0.2, 0) is 27.9 Å². The molecule has 55 heavy (non-hydrogen) atoms. The summed E-state index contributed by atoms with van der Waals surface area (Å²) in [5.41, 5.74) is 0. The van der Waals surface area contributed by atoms with Crippen LogP contribution in [0.1, 0.15) is 174 Å². The molecule has 0 bridgehead atoms. The molecule has 2 atom stereocenters. The van der Waals surface area contributed by atoms with Gasteiger partial charge < -0.3 is 18.9 Å². The van der Waals surface area contributed by atoms with Gasteiger partial charge in [0.15, 0.2) is 6.10 Å². The van der Waals surface area contributed by atoms with Gasteiger partial charge in [-0.3, -0.25) is 13.8 Å². The normalized spacial score (nSPS) is 14.3. The number of carbonyl (C=O) groups is 1. The van der Waals surface area contributed by atoms with Gasteiger partial charge in [0.2, 0.25) is 0 Å². The highest BCUT2D eigenvalue weighted by Gasteiger charge is 2.26. The van der Waals surface area contributed by atoms with Crippen molar-refractivity contribution in [1.82, 2.24) is 0 Å². The quantitative estimate of drug-likeness (QED) is 0.0165. The molecule has 0 aromatic carbocycles. The summed E-state index contributed by atoms with van der Waals surface area (Å²) in [6, 6.07) is 0. The highest BCUT2D eigenvalue weighted by molar-refractivity contribution is 7.47. The summed E-state index contributed by atoms with van der Waals surface area (Å²) < 4.78 is 34.7. The number of phosphoric ester groups is 1. The van der Waals surface area contributed by atoms with Crippen molar-refractivity contribution in [2.45, 2.75) is 180 Å². The summed E-state index contributed by atoms with van der Waals surface area (Å²) in [7, 11) is 1.61. The van der Waals surface area contributed by atoms with Crippen molar-refractivity contribution in [3.05, 3.63) is 60.9 Å². The second kappa shape index (κ2) is 38.9. The molecule has 0 spiro atoms. The number of nitrogens with zero attached hydrogens (tertiary/aromatic N) is 1. The Bertz CT molecular complexity index is 1060. The number of ether oxygens (including phenoxy) is 2. The predicted octanol–water partition coefficient (Wildman–Crippen LogP) is 13.3. The first kappa shape index (κ1) is 53.0.